The first-order valence-electron chi connectivity index (χ1n) is 10.8. The highest BCUT2D eigenvalue weighted by Gasteiger charge is 2.05. The van der Waals surface area contributed by atoms with Crippen molar-refractivity contribution < 1.29 is 13.5 Å². The molecule has 0 heterocycles. The van der Waals surface area contributed by atoms with E-state index in [-0.39, 0.29) is 11.6 Å². The van der Waals surface area contributed by atoms with Crippen LogP contribution in [0.25, 0.3) is 10.8 Å². The van der Waals surface area contributed by atoms with Gasteiger partial charge in [-0.3, -0.25) is 0 Å². The normalized spacial score (nSPS) is 10.6. The van der Waals surface area contributed by atoms with Gasteiger partial charge in [0.15, 0.2) is 0 Å². The number of fused-ring (bicyclic) bond motifs is 1. The minimum atomic E-state index is -0.239. The summed E-state index contributed by atoms with van der Waals surface area (Å²) in [6.07, 6.45) is 2.27. The minimum absolute atomic E-state index is 0.223. The third kappa shape index (κ3) is 5.53. The van der Waals surface area contributed by atoms with Crippen molar-refractivity contribution in [3.05, 3.63) is 113 Å². The van der Waals surface area contributed by atoms with Gasteiger partial charge in [-0.05, 0) is 83.6 Å². The van der Waals surface area contributed by atoms with E-state index >= 15 is 0 Å². The van der Waals surface area contributed by atoms with Gasteiger partial charge >= 0.3 is 0 Å². The minimum Gasteiger partial charge on any atom is -0.494 e. The molecule has 0 fully saturated rings. The Bertz CT molecular complexity index is 1280. The van der Waals surface area contributed by atoms with Crippen molar-refractivity contribution in [2.75, 3.05) is 6.61 Å². The molecule has 1 nitrogen and oxygen atoms in total. The average molecular weight is 427 g/mol. The lowest BCUT2D eigenvalue weighted by molar-refractivity contribution is 0.315. The monoisotopic (exact) mass is 426 g/mol. The van der Waals surface area contributed by atoms with Crippen molar-refractivity contribution in [3.8, 4) is 17.6 Å². The fourth-order valence-electron chi connectivity index (χ4n) is 3.51. The number of benzene rings is 4. The lowest BCUT2D eigenvalue weighted by Gasteiger charge is -2.08. The molecule has 32 heavy (non-hydrogen) atoms. The van der Waals surface area contributed by atoms with Gasteiger partial charge in [-0.1, -0.05) is 49.1 Å². The van der Waals surface area contributed by atoms with Gasteiger partial charge in [0.05, 0.1) is 6.61 Å². The molecule has 4 aromatic rings. The van der Waals surface area contributed by atoms with E-state index < -0.39 is 0 Å². The molecule has 0 radical (unpaired) electrons. The van der Waals surface area contributed by atoms with E-state index in [0.717, 1.165) is 40.3 Å². The second-order valence-electron chi connectivity index (χ2n) is 7.75. The predicted octanol–water partition coefficient (Wildman–Crippen LogP) is 7.09. The van der Waals surface area contributed by atoms with Crippen molar-refractivity contribution in [1.82, 2.24) is 0 Å². The highest BCUT2D eigenvalue weighted by Crippen LogP contribution is 2.19. The van der Waals surface area contributed by atoms with Crippen molar-refractivity contribution in [1.29, 1.82) is 0 Å². The van der Waals surface area contributed by atoms with Gasteiger partial charge in [-0.25, -0.2) is 8.78 Å². The van der Waals surface area contributed by atoms with Crippen LogP contribution in [-0.4, -0.2) is 6.61 Å². The fraction of sp³-hybridized carbons (Fsp3) is 0.172. The van der Waals surface area contributed by atoms with Crippen LogP contribution in [0.5, 0.6) is 5.75 Å². The van der Waals surface area contributed by atoms with Gasteiger partial charge in [-0.15, -0.1) is 0 Å². The molecule has 4 aromatic carbocycles. The molecule has 0 saturated carbocycles. The summed E-state index contributed by atoms with van der Waals surface area (Å²) in [5.41, 5.74) is 3.62. The van der Waals surface area contributed by atoms with E-state index in [1.54, 1.807) is 12.1 Å². The fourth-order valence-corrected chi connectivity index (χ4v) is 3.51. The van der Waals surface area contributed by atoms with Crippen molar-refractivity contribution in [2.45, 2.75) is 26.2 Å². The Kier molecular flexibility index (Phi) is 6.82. The van der Waals surface area contributed by atoms with E-state index in [1.165, 1.54) is 18.2 Å². The molecule has 0 atom stereocenters. The smallest absolute Gasteiger partial charge is 0.130 e. The summed E-state index contributed by atoms with van der Waals surface area (Å²) in [5.74, 6) is 6.46. The molecule has 0 saturated heterocycles. The SMILES string of the molecule is CCCOc1ccc(CCc2ccc(C#Cc3ccc4cc(F)ccc4c3)cc2)c(F)c1. The Morgan fingerprint density at radius 2 is 1.44 bits per heavy atom. The van der Waals surface area contributed by atoms with E-state index in [2.05, 4.69) is 11.8 Å². The molecule has 0 spiro atoms. The van der Waals surface area contributed by atoms with E-state index in [1.807, 2.05) is 55.5 Å². The maximum Gasteiger partial charge on any atom is 0.130 e. The van der Waals surface area contributed by atoms with E-state index in [0.29, 0.717) is 24.3 Å². The quantitative estimate of drug-likeness (QED) is 0.299. The van der Waals surface area contributed by atoms with Crippen LogP contribution in [0.2, 0.25) is 0 Å². The Labute approximate surface area is 187 Å². The molecule has 0 aliphatic heterocycles. The molecule has 3 heteroatoms. The zero-order chi connectivity index (χ0) is 22.3. The Balaban J connectivity index is 1.38. The molecule has 0 bridgehead atoms. The summed E-state index contributed by atoms with van der Waals surface area (Å²) >= 11 is 0. The molecule has 0 aliphatic rings. The van der Waals surface area contributed by atoms with Gasteiger partial charge in [0.1, 0.15) is 17.4 Å². The number of aryl methyl sites for hydroxylation is 2. The van der Waals surface area contributed by atoms with E-state index in [9.17, 15) is 8.78 Å². The predicted molar refractivity (Wildman–Crippen MR) is 126 cm³/mol. The maximum atomic E-state index is 14.3. The summed E-state index contributed by atoms with van der Waals surface area (Å²) in [5, 5.41) is 1.82. The number of rotatable bonds is 6. The Hall–Kier alpha value is -3.64. The van der Waals surface area contributed by atoms with Gasteiger partial charge in [0, 0.05) is 17.2 Å². The highest BCUT2D eigenvalue weighted by atomic mass is 19.1. The summed E-state index contributed by atoms with van der Waals surface area (Å²) in [7, 11) is 0. The van der Waals surface area contributed by atoms with Gasteiger partial charge in [0.2, 0.25) is 0 Å². The summed E-state index contributed by atoms with van der Waals surface area (Å²) in [4.78, 5) is 0. The first-order valence-corrected chi connectivity index (χ1v) is 10.8. The first-order chi connectivity index (χ1) is 15.6. The third-order valence-corrected chi connectivity index (χ3v) is 5.29. The number of hydrogen-bond donors (Lipinski definition) is 0. The van der Waals surface area contributed by atoms with Crippen molar-refractivity contribution in [3.63, 3.8) is 0 Å². The van der Waals surface area contributed by atoms with Gasteiger partial charge in [-0.2, -0.15) is 0 Å². The lowest BCUT2D eigenvalue weighted by Crippen LogP contribution is -1.98. The van der Waals surface area contributed by atoms with Crippen LogP contribution in [0.1, 0.15) is 35.6 Å². The summed E-state index contributed by atoms with van der Waals surface area (Å²) < 4.78 is 33.1. The maximum absolute atomic E-state index is 14.3. The van der Waals surface area contributed by atoms with Crippen LogP contribution in [0, 0.1) is 23.5 Å². The molecule has 0 amide bonds. The van der Waals surface area contributed by atoms with Crippen LogP contribution in [0.3, 0.4) is 0 Å². The second-order valence-corrected chi connectivity index (χ2v) is 7.75. The molecule has 0 aliphatic carbocycles. The van der Waals surface area contributed by atoms with Crippen LogP contribution in [-0.2, 0) is 12.8 Å². The zero-order valence-electron chi connectivity index (χ0n) is 18.0. The van der Waals surface area contributed by atoms with Crippen LogP contribution in [0.4, 0.5) is 8.78 Å². The van der Waals surface area contributed by atoms with E-state index in [4.69, 9.17) is 4.74 Å². The van der Waals surface area contributed by atoms with Crippen molar-refractivity contribution in [2.24, 2.45) is 0 Å². The number of hydrogen-bond acceptors (Lipinski definition) is 1. The standard InChI is InChI=1S/C29H24F2O/c1-2-17-32-28-16-14-24(29(31)20-28)11-9-22-5-3-21(4-6-22)7-8-23-10-12-26-19-27(30)15-13-25(26)18-23/h3-6,10,12-16,18-20H,2,9,11,17H2,1H3. The summed E-state index contributed by atoms with van der Waals surface area (Å²) in [6.45, 7) is 2.61. The molecule has 0 aromatic heterocycles. The molecular weight excluding hydrogens is 402 g/mol. The zero-order valence-corrected chi connectivity index (χ0v) is 18.0. The Morgan fingerprint density at radius 3 is 2.22 bits per heavy atom. The molecule has 0 unspecified atom stereocenters. The van der Waals surface area contributed by atoms with Crippen LogP contribution >= 0.6 is 0 Å². The molecule has 0 N–H and O–H groups in total. The average Bonchev–Trinajstić information content (AvgIpc) is 2.81. The molecule has 4 rings (SSSR count). The number of halogens is 2. The second kappa shape index (κ2) is 10.1. The first kappa shape index (κ1) is 21.6. The third-order valence-electron chi connectivity index (χ3n) is 5.29. The largest absolute Gasteiger partial charge is 0.494 e. The number of ether oxygens (including phenoxy) is 1. The Morgan fingerprint density at radius 1 is 0.719 bits per heavy atom. The van der Waals surface area contributed by atoms with Gasteiger partial charge in [0.25, 0.3) is 0 Å². The summed E-state index contributed by atoms with van der Waals surface area (Å²) in [6, 6.07) is 23.6. The van der Waals surface area contributed by atoms with Crippen LogP contribution in [0.15, 0.2) is 78.9 Å². The molecular formula is C29H24F2O. The highest BCUT2D eigenvalue weighted by molar-refractivity contribution is 5.84. The lowest BCUT2D eigenvalue weighted by atomic mass is 10.0. The van der Waals surface area contributed by atoms with Crippen molar-refractivity contribution >= 4 is 10.8 Å². The van der Waals surface area contributed by atoms with Crippen LogP contribution < -0.4 is 4.74 Å². The topological polar surface area (TPSA) is 9.23 Å². The van der Waals surface area contributed by atoms with Gasteiger partial charge < -0.3 is 4.74 Å². The molecule has 160 valence electrons.